The average molecular weight is 311 g/mol. The molecule has 1 heterocycles. The molecule has 0 unspecified atom stereocenters. The Labute approximate surface area is 121 Å². The van der Waals surface area contributed by atoms with Crippen molar-refractivity contribution in [2.45, 2.75) is 18.9 Å². The topological polar surface area (TPSA) is 41.1 Å². The zero-order valence-electron chi connectivity index (χ0n) is 10.0. The number of piperidine rings is 1. The lowest BCUT2D eigenvalue weighted by Crippen LogP contribution is -2.45. The Bertz CT molecular complexity index is 465. The standard InChI is InChI=1S/C12H13ClF2N2O.ClH/c13-9-5-10(14)8(4-11(9)15)12(18)17-7-2-1-3-16-6-7;/h4-5,7,16H,1-3,6H2,(H,17,18);1H/t7-;/m0./s1. The Kier molecular flexibility index (Phi) is 5.97. The van der Waals surface area contributed by atoms with E-state index in [0.717, 1.165) is 31.5 Å². The van der Waals surface area contributed by atoms with Crippen LogP contribution >= 0.6 is 24.0 Å². The molecule has 1 amide bonds. The van der Waals surface area contributed by atoms with Gasteiger partial charge in [-0.2, -0.15) is 0 Å². The van der Waals surface area contributed by atoms with Gasteiger partial charge in [-0.25, -0.2) is 8.78 Å². The Morgan fingerprint density at radius 3 is 2.74 bits per heavy atom. The lowest BCUT2D eigenvalue weighted by Gasteiger charge is -2.23. The van der Waals surface area contributed by atoms with E-state index in [1.165, 1.54) is 0 Å². The molecule has 2 rings (SSSR count). The predicted octanol–water partition coefficient (Wildman–Crippen LogP) is 2.52. The molecule has 0 bridgehead atoms. The van der Waals surface area contributed by atoms with Crippen molar-refractivity contribution in [1.82, 2.24) is 10.6 Å². The van der Waals surface area contributed by atoms with Crippen molar-refractivity contribution in [3.05, 3.63) is 34.4 Å². The van der Waals surface area contributed by atoms with Crippen LogP contribution in [-0.2, 0) is 0 Å². The molecule has 19 heavy (non-hydrogen) atoms. The minimum Gasteiger partial charge on any atom is -0.348 e. The maximum Gasteiger partial charge on any atom is 0.254 e. The molecule has 3 nitrogen and oxygen atoms in total. The SMILES string of the molecule is Cl.O=C(N[C@H]1CCCNC1)c1cc(F)c(Cl)cc1F. The highest BCUT2D eigenvalue weighted by Gasteiger charge is 2.20. The molecule has 1 atom stereocenters. The molecule has 1 aromatic carbocycles. The molecular formula is C12H14Cl2F2N2O. The highest BCUT2D eigenvalue weighted by atomic mass is 35.5. The highest BCUT2D eigenvalue weighted by Crippen LogP contribution is 2.19. The van der Waals surface area contributed by atoms with E-state index in [2.05, 4.69) is 10.6 Å². The van der Waals surface area contributed by atoms with E-state index in [9.17, 15) is 13.6 Å². The first-order valence-electron chi connectivity index (χ1n) is 5.74. The monoisotopic (exact) mass is 310 g/mol. The van der Waals surface area contributed by atoms with Crippen molar-refractivity contribution in [3.63, 3.8) is 0 Å². The van der Waals surface area contributed by atoms with E-state index >= 15 is 0 Å². The minimum atomic E-state index is -0.817. The van der Waals surface area contributed by atoms with Crippen molar-refractivity contribution in [2.24, 2.45) is 0 Å². The van der Waals surface area contributed by atoms with Gasteiger partial charge in [0.15, 0.2) is 0 Å². The molecular weight excluding hydrogens is 297 g/mol. The second-order valence-corrected chi connectivity index (χ2v) is 4.67. The number of carbonyl (C=O) groups excluding carboxylic acids is 1. The first-order chi connectivity index (χ1) is 8.58. The van der Waals surface area contributed by atoms with Crippen LogP contribution in [0.15, 0.2) is 12.1 Å². The molecule has 0 saturated carbocycles. The third-order valence-electron chi connectivity index (χ3n) is 2.89. The molecule has 0 spiro atoms. The summed E-state index contributed by atoms with van der Waals surface area (Å²) >= 11 is 5.43. The van der Waals surface area contributed by atoms with Crippen LogP contribution in [0.5, 0.6) is 0 Å². The van der Waals surface area contributed by atoms with Gasteiger partial charge in [0.2, 0.25) is 0 Å². The van der Waals surface area contributed by atoms with Crippen LogP contribution in [-0.4, -0.2) is 25.0 Å². The smallest absolute Gasteiger partial charge is 0.254 e. The fourth-order valence-electron chi connectivity index (χ4n) is 1.93. The summed E-state index contributed by atoms with van der Waals surface area (Å²) in [5, 5.41) is 5.46. The molecule has 1 aromatic rings. The summed E-state index contributed by atoms with van der Waals surface area (Å²) < 4.78 is 26.7. The van der Waals surface area contributed by atoms with Gasteiger partial charge in [-0.05, 0) is 31.5 Å². The maximum atomic E-state index is 13.5. The molecule has 7 heteroatoms. The first kappa shape index (κ1) is 16.1. The Morgan fingerprint density at radius 1 is 1.37 bits per heavy atom. The molecule has 0 aromatic heterocycles. The fraction of sp³-hybridized carbons (Fsp3) is 0.417. The van der Waals surface area contributed by atoms with E-state index in [1.54, 1.807) is 0 Å². The Hall–Kier alpha value is -0.910. The van der Waals surface area contributed by atoms with E-state index in [0.29, 0.717) is 6.54 Å². The van der Waals surface area contributed by atoms with Crippen molar-refractivity contribution >= 4 is 29.9 Å². The van der Waals surface area contributed by atoms with Gasteiger partial charge in [-0.15, -0.1) is 12.4 Å². The molecule has 106 valence electrons. The third kappa shape index (κ3) is 4.03. The molecule has 1 fully saturated rings. The van der Waals surface area contributed by atoms with Crippen LogP contribution in [0, 0.1) is 11.6 Å². The van der Waals surface area contributed by atoms with Gasteiger partial charge in [0, 0.05) is 12.6 Å². The number of benzene rings is 1. The fourth-order valence-corrected chi connectivity index (χ4v) is 2.09. The number of carbonyl (C=O) groups is 1. The first-order valence-corrected chi connectivity index (χ1v) is 6.12. The van der Waals surface area contributed by atoms with Gasteiger partial charge < -0.3 is 10.6 Å². The number of halogens is 4. The summed E-state index contributed by atoms with van der Waals surface area (Å²) in [5.41, 5.74) is -0.317. The molecule has 0 radical (unpaired) electrons. The predicted molar refractivity (Wildman–Crippen MR) is 72.0 cm³/mol. The lowest BCUT2D eigenvalue weighted by molar-refractivity contribution is 0.0926. The van der Waals surface area contributed by atoms with Crippen molar-refractivity contribution in [3.8, 4) is 0 Å². The van der Waals surface area contributed by atoms with E-state index in [1.807, 2.05) is 0 Å². The lowest BCUT2D eigenvalue weighted by atomic mass is 10.1. The molecule has 2 N–H and O–H groups in total. The van der Waals surface area contributed by atoms with Crippen LogP contribution in [0.1, 0.15) is 23.2 Å². The van der Waals surface area contributed by atoms with Crippen molar-refractivity contribution in [1.29, 1.82) is 0 Å². The van der Waals surface area contributed by atoms with Gasteiger partial charge in [-0.1, -0.05) is 11.6 Å². The average Bonchev–Trinajstić information content (AvgIpc) is 2.35. The highest BCUT2D eigenvalue weighted by molar-refractivity contribution is 6.30. The van der Waals surface area contributed by atoms with Gasteiger partial charge in [0.25, 0.3) is 5.91 Å². The van der Waals surface area contributed by atoms with Crippen LogP contribution in [0.3, 0.4) is 0 Å². The van der Waals surface area contributed by atoms with Gasteiger partial charge in [0.05, 0.1) is 10.6 Å². The molecule has 0 aliphatic carbocycles. The maximum absolute atomic E-state index is 13.5. The zero-order chi connectivity index (χ0) is 13.1. The van der Waals surface area contributed by atoms with Crippen LogP contribution < -0.4 is 10.6 Å². The van der Waals surface area contributed by atoms with Gasteiger partial charge in [0.1, 0.15) is 11.6 Å². The number of hydrogen-bond acceptors (Lipinski definition) is 2. The summed E-state index contributed by atoms with van der Waals surface area (Å²) in [5.74, 6) is -2.23. The summed E-state index contributed by atoms with van der Waals surface area (Å²) in [4.78, 5) is 11.8. The second-order valence-electron chi connectivity index (χ2n) is 4.26. The summed E-state index contributed by atoms with van der Waals surface area (Å²) in [7, 11) is 0. The molecule has 1 saturated heterocycles. The van der Waals surface area contributed by atoms with Crippen molar-refractivity contribution in [2.75, 3.05) is 13.1 Å². The number of nitrogens with one attached hydrogen (secondary N) is 2. The number of rotatable bonds is 2. The third-order valence-corrected chi connectivity index (χ3v) is 3.18. The molecule has 1 aliphatic heterocycles. The second kappa shape index (κ2) is 7.03. The van der Waals surface area contributed by atoms with Crippen LogP contribution in [0.25, 0.3) is 0 Å². The Morgan fingerprint density at radius 2 is 2.11 bits per heavy atom. The summed E-state index contributed by atoms with van der Waals surface area (Å²) in [6.07, 6.45) is 1.78. The van der Waals surface area contributed by atoms with Gasteiger partial charge >= 0.3 is 0 Å². The quantitative estimate of drug-likeness (QED) is 0.824. The number of hydrogen-bond donors (Lipinski definition) is 2. The zero-order valence-corrected chi connectivity index (χ0v) is 11.6. The molecule has 1 aliphatic rings. The van der Waals surface area contributed by atoms with Crippen LogP contribution in [0.2, 0.25) is 5.02 Å². The Balaban J connectivity index is 0.00000180. The van der Waals surface area contributed by atoms with E-state index in [-0.39, 0.29) is 29.0 Å². The van der Waals surface area contributed by atoms with Crippen molar-refractivity contribution < 1.29 is 13.6 Å². The summed E-state index contributed by atoms with van der Waals surface area (Å²) in [6, 6.07) is 1.58. The minimum absolute atomic E-state index is 0. The van der Waals surface area contributed by atoms with Gasteiger partial charge in [-0.3, -0.25) is 4.79 Å². The normalized spacial score (nSPS) is 18.6. The summed E-state index contributed by atoms with van der Waals surface area (Å²) in [6.45, 7) is 1.56. The number of amides is 1. The van der Waals surface area contributed by atoms with Crippen LogP contribution in [0.4, 0.5) is 8.78 Å². The largest absolute Gasteiger partial charge is 0.348 e. The van der Waals surface area contributed by atoms with E-state index < -0.39 is 17.5 Å². The van der Waals surface area contributed by atoms with E-state index in [4.69, 9.17) is 11.6 Å².